The standard InChI is InChI=1S/C25H20N4O5/c1-31-23-15-21(10-11-22(23)24-16-26-17-32-24)29-34-13-12-33-28-20-9-5-8-19(14-20)27-25(30)18-6-3-2-4-7-18/h2-11,14-17,28-29H,1H3,(H,27,30). The average Bonchev–Trinajstić information content (AvgIpc) is 3.41. The Bertz CT molecular complexity index is 1300. The number of anilines is 3. The Hall–Kier alpha value is -5.10. The SMILES string of the molecule is COc1cc(NOC#CONc2cccc(NC(=O)c3ccccc3)c2)ccc1-c1cnco1. The zero-order chi connectivity index (χ0) is 23.6. The van der Waals surface area contributed by atoms with Crippen LogP contribution in [0.15, 0.2) is 89.8 Å². The number of aromatic nitrogens is 1. The average molecular weight is 456 g/mol. The monoisotopic (exact) mass is 456 g/mol. The van der Waals surface area contributed by atoms with Gasteiger partial charge in [0, 0.05) is 17.3 Å². The number of carbonyl (C=O) groups excluding carboxylic acids is 1. The number of rotatable bonds is 8. The van der Waals surface area contributed by atoms with Crippen molar-refractivity contribution in [2.24, 2.45) is 0 Å². The summed E-state index contributed by atoms with van der Waals surface area (Å²) in [7, 11) is 1.56. The van der Waals surface area contributed by atoms with Crippen LogP contribution in [-0.4, -0.2) is 18.0 Å². The van der Waals surface area contributed by atoms with Crippen LogP contribution >= 0.6 is 0 Å². The van der Waals surface area contributed by atoms with E-state index >= 15 is 0 Å². The summed E-state index contributed by atoms with van der Waals surface area (Å²) < 4.78 is 10.7. The first kappa shape index (κ1) is 22.1. The van der Waals surface area contributed by atoms with Crippen molar-refractivity contribution in [1.82, 2.24) is 4.98 Å². The molecule has 0 spiro atoms. The maximum atomic E-state index is 12.3. The third-order valence-electron chi connectivity index (χ3n) is 4.54. The molecule has 0 aliphatic carbocycles. The van der Waals surface area contributed by atoms with Crippen LogP contribution in [0.2, 0.25) is 0 Å². The van der Waals surface area contributed by atoms with E-state index in [9.17, 15) is 4.79 Å². The molecule has 0 radical (unpaired) electrons. The molecule has 4 rings (SSSR count). The quantitative estimate of drug-likeness (QED) is 0.254. The van der Waals surface area contributed by atoms with E-state index in [0.717, 1.165) is 5.56 Å². The van der Waals surface area contributed by atoms with Crippen molar-refractivity contribution < 1.29 is 23.6 Å². The van der Waals surface area contributed by atoms with Crippen LogP contribution in [0, 0.1) is 12.2 Å². The molecule has 1 amide bonds. The first-order valence-electron chi connectivity index (χ1n) is 10.1. The lowest BCUT2D eigenvalue weighted by Gasteiger charge is -2.09. The lowest BCUT2D eigenvalue weighted by Crippen LogP contribution is -2.11. The predicted octanol–water partition coefficient (Wildman–Crippen LogP) is 4.91. The second-order valence-corrected chi connectivity index (χ2v) is 6.79. The topological polar surface area (TPSA) is 107 Å². The molecule has 0 unspecified atom stereocenters. The molecule has 0 saturated carbocycles. The van der Waals surface area contributed by atoms with E-state index in [-0.39, 0.29) is 5.91 Å². The zero-order valence-electron chi connectivity index (χ0n) is 18.1. The lowest BCUT2D eigenvalue weighted by molar-refractivity contribution is 0.102. The summed E-state index contributed by atoms with van der Waals surface area (Å²) in [4.78, 5) is 26.3. The number of oxazole rings is 1. The van der Waals surface area contributed by atoms with Gasteiger partial charge in [-0.2, -0.15) is 0 Å². The molecule has 170 valence electrons. The van der Waals surface area contributed by atoms with Crippen LogP contribution in [0.25, 0.3) is 11.3 Å². The minimum absolute atomic E-state index is 0.205. The molecule has 0 saturated heterocycles. The lowest BCUT2D eigenvalue weighted by atomic mass is 10.1. The summed E-state index contributed by atoms with van der Waals surface area (Å²) in [6.45, 7) is 0. The van der Waals surface area contributed by atoms with Crippen molar-refractivity contribution >= 4 is 23.0 Å². The number of ether oxygens (including phenoxy) is 1. The number of hydrogen-bond acceptors (Lipinski definition) is 8. The third-order valence-corrected chi connectivity index (χ3v) is 4.54. The second kappa shape index (κ2) is 11.0. The van der Waals surface area contributed by atoms with Crippen LogP contribution in [0.4, 0.5) is 17.1 Å². The van der Waals surface area contributed by atoms with E-state index in [2.05, 4.69) is 33.5 Å². The molecule has 0 atom stereocenters. The van der Waals surface area contributed by atoms with Crippen LogP contribution in [0.1, 0.15) is 10.4 Å². The Balaban J connectivity index is 1.26. The van der Waals surface area contributed by atoms with Gasteiger partial charge >= 0.3 is 0 Å². The van der Waals surface area contributed by atoms with Gasteiger partial charge in [-0.25, -0.2) is 15.9 Å². The van der Waals surface area contributed by atoms with Crippen molar-refractivity contribution in [3.05, 3.63) is 91.0 Å². The van der Waals surface area contributed by atoms with Gasteiger partial charge in [-0.05, 0) is 42.5 Å². The number of carbonyl (C=O) groups is 1. The van der Waals surface area contributed by atoms with Crippen LogP contribution < -0.4 is 21.0 Å². The number of benzene rings is 3. The van der Waals surface area contributed by atoms with E-state index < -0.39 is 0 Å². The maximum absolute atomic E-state index is 12.3. The number of hydrogen-bond donors (Lipinski definition) is 3. The Kier molecular flexibility index (Phi) is 7.13. The minimum atomic E-state index is -0.205. The van der Waals surface area contributed by atoms with Gasteiger partial charge in [0.25, 0.3) is 5.91 Å². The van der Waals surface area contributed by atoms with Crippen molar-refractivity contribution in [1.29, 1.82) is 0 Å². The highest BCUT2D eigenvalue weighted by molar-refractivity contribution is 6.04. The Morgan fingerprint density at radius 1 is 0.882 bits per heavy atom. The first-order valence-corrected chi connectivity index (χ1v) is 10.1. The number of amides is 1. The van der Waals surface area contributed by atoms with Gasteiger partial charge in [-0.3, -0.25) is 4.79 Å². The van der Waals surface area contributed by atoms with Gasteiger partial charge < -0.3 is 24.1 Å². The summed E-state index contributed by atoms with van der Waals surface area (Å²) >= 11 is 0. The molecule has 1 aromatic heterocycles. The van der Waals surface area contributed by atoms with Gasteiger partial charge in [0.05, 0.1) is 30.2 Å². The Morgan fingerprint density at radius 2 is 1.62 bits per heavy atom. The van der Waals surface area contributed by atoms with Crippen molar-refractivity contribution in [3.63, 3.8) is 0 Å². The Morgan fingerprint density at radius 3 is 2.32 bits per heavy atom. The molecule has 3 N–H and O–H groups in total. The second-order valence-electron chi connectivity index (χ2n) is 6.79. The summed E-state index contributed by atoms with van der Waals surface area (Å²) in [5.41, 5.74) is 8.49. The highest BCUT2D eigenvalue weighted by Crippen LogP contribution is 2.32. The molecule has 0 bridgehead atoms. The zero-order valence-corrected chi connectivity index (χ0v) is 18.1. The predicted molar refractivity (Wildman–Crippen MR) is 127 cm³/mol. The van der Waals surface area contributed by atoms with Crippen molar-refractivity contribution in [2.45, 2.75) is 0 Å². The number of nitrogens with one attached hydrogen (secondary N) is 3. The Labute approximate surface area is 195 Å². The molecule has 0 fully saturated rings. The van der Waals surface area contributed by atoms with Gasteiger partial charge in [0.15, 0.2) is 24.4 Å². The van der Waals surface area contributed by atoms with E-state index in [1.807, 2.05) is 6.07 Å². The van der Waals surface area contributed by atoms with E-state index in [1.165, 1.54) is 6.39 Å². The van der Waals surface area contributed by atoms with Gasteiger partial charge in [-0.1, -0.05) is 24.3 Å². The van der Waals surface area contributed by atoms with Crippen LogP contribution in [0.3, 0.4) is 0 Å². The van der Waals surface area contributed by atoms with Gasteiger partial charge in [0.1, 0.15) is 5.75 Å². The molecular weight excluding hydrogens is 436 g/mol. The van der Waals surface area contributed by atoms with Crippen molar-refractivity contribution in [2.75, 3.05) is 23.4 Å². The molecule has 34 heavy (non-hydrogen) atoms. The highest BCUT2D eigenvalue weighted by atomic mass is 16.7. The van der Waals surface area contributed by atoms with Crippen molar-refractivity contribution in [3.8, 4) is 29.3 Å². The van der Waals surface area contributed by atoms with Gasteiger partial charge in [0.2, 0.25) is 0 Å². The fraction of sp³-hybridized carbons (Fsp3) is 0.0400. The maximum Gasteiger partial charge on any atom is 0.255 e. The summed E-state index contributed by atoms with van der Waals surface area (Å²) in [6.07, 6.45) is 7.69. The summed E-state index contributed by atoms with van der Waals surface area (Å²) in [6, 6.07) is 21.3. The fourth-order valence-electron chi connectivity index (χ4n) is 2.97. The van der Waals surface area contributed by atoms with E-state index in [0.29, 0.717) is 34.1 Å². The van der Waals surface area contributed by atoms with Gasteiger partial charge in [-0.15, -0.1) is 0 Å². The van der Waals surface area contributed by atoms with E-state index in [1.54, 1.807) is 80.0 Å². The molecule has 9 heteroatoms. The third kappa shape index (κ3) is 5.77. The van der Waals surface area contributed by atoms with Crippen LogP contribution in [0.5, 0.6) is 5.75 Å². The minimum Gasteiger partial charge on any atom is -0.496 e. The highest BCUT2D eigenvalue weighted by Gasteiger charge is 2.10. The normalized spacial score (nSPS) is 9.79. The molecule has 0 aliphatic rings. The molecule has 3 aromatic carbocycles. The summed E-state index contributed by atoms with van der Waals surface area (Å²) in [5, 5.41) is 2.82. The summed E-state index contributed by atoms with van der Waals surface area (Å²) in [5.74, 6) is 0.964. The molecule has 9 nitrogen and oxygen atoms in total. The largest absolute Gasteiger partial charge is 0.496 e. The number of methoxy groups -OCH3 is 1. The van der Waals surface area contributed by atoms with Crippen LogP contribution in [-0.2, 0) is 9.68 Å². The smallest absolute Gasteiger partial charge is 0.255 e. The first-order chi connectivity index (χ1) is 16.7. The molecular formula is C25H20N4O5. The molecule has 1 heterocycles. The fourth-order valence-corrected chi connectivity index (χ4v) is 2.97. The number of nitrogens with zero attached hydrogens (tertiary/aromatic N) is 1. The van der Waals surface area contributed by atoms with E-state index in [4.69, 9.17) is 18.8 Å². The molecule has 4 aromatic rings. The molecule has 0 aliphatic heterocycles.